The average molecular weight is 199 g/mol. The molecule has 1 unspecified atom stereocenters. The molecule has 1 aromatic carbocycles. The quantitative estimate of drug-likeness (QED) is 0.675. The Hall–Kier alpha value is -1.13. The number of aliphatic hydroxyl groups is 2. The van der Waals surface area contributed by atoms with Crippen LogP contribution in [0.4, 0.5) is 10.1 Å². The predicted octanol–water partition coefficient (Wildman–Crippen LogP) is 0.899. The third-order valence-electron chi connectivity index (χ3n) is 1.86. The third kappa shape index (κ3) is 2.97. The van der Waals surface area contributed by atoms with Crippen LogP contribution in [0, 0.1) is 12.7 Å². The standard InChI is InChI=1S/C10H14FNO2/c1-7-2-3-9(11)10(4-7)12-5-8(14)6-13/h2-4,8,12-14H,5-6H2,1H3. The molecule has 1 rings (SSSR count). The maximum Gasteiger partial charge on any atom is 0.146 e. The van der Waals surface area contributed by atoms with E-state index in [0.29, 0.717) is 5.69 Å². The minimum atomic E-state index is -0.866. The number of nitrogens with one attached hydrogen (secondary N) is 1. The lowest BCUT2D eigenvalue weighted by Gasteiger charge is -2.11. The highest BCUT2D eigenvalue weighted by Gasteiger charge is 2.04. The molecule has 14 heavy (non-hydrogen) atoms. The van der Waals surface area contributed by atoms with Crippen LogP contribution in [0.3, 0.4) is 0 Å². The second-order valence-corrected chi connectivity index (χ2v) is 3.20. The normalized spacial score (nSPS) is 12.6. The number of aliphatic hydroxyl groups excluding tert-OH is 2. The van der Waals surface area contributed by atoms with Crippen molar-refractivity contribution < 1.29 is 14.6 Å². The molecule has 3 nitrogen and oxygen atoms in total. The van der Waals surface area contributed by atoms with E-state index in [-0.39, 0.29) is 19.0 Å². The van der Waals surface area contributed by atoms with Crippen molar-refractivity contribution in [2.75, 3.05) is 18.5 Å². The Kier molecular flexibility index (Phi) is 3.85. The van der Waals surface area contributed by atoms with Crippen LogP contribution < -0.4 is 5.32 Å². The Morgan fingerprint density at radius 3 is 2.86 bits per heavy atom. The number of halogens is 1. The van der Waals surface area contributed by atoms with Gasteiger partial charge in [0.25, 0.3) is 0 Å². The van der Waals surface area contributed by atoms with E-state index in [1.165, 1.54) is 6.07 Å². The molecule has 0 radical (unpaired) electrons. The third-order valence-corrected chi connectivity index (χ3v) is 1.86. The summed E-state index contributed by atoms with van der Waals surface area (Å²) < 4.78 is 13.1. The molecule has 1 aromatic rings. The molecule has 0 fully saturated rings. The van der Waals surface area contributed by atoms with E-state index in [0.717, 1.165) is 5.56 Å². The van der Waals surface area contributed by atoms with Crippen LogP contribution in [-0.4, -0.2) is 29.5 Å². The van der Waals surface area contributed by atoms with Crippen LogP contribution >= 0.6 is 0 Å². The first kappa shape index (κ1) is 10.9. The molecule has 78 valence electrons. The zero-order chi connectivity index (χ0) is 10.6. The lowest BCUT2D eigenvalue weighted by Crippen LogP contribution is -2.23. The summed E-state index contributed by atoms with van der Waals surface area (Å²) in [6.45, 7) is 1.66. The highest BCUT2D eigenvalue weighted by Crippen LogP contribution is 2.15. The SMILES string of the molecule is Cc1ccc(F)c(NCC(O)CO)c1. The smallest absolute Gasteiger partial charge is 0.146 e. The Morgan fingerprint density at radius 1 is 1.50 bits per heavy atom. The Balaban J connectivity index is 2.62. The van der Waals surface area contributed by atoms with Crippen molar-refractivity contribution in [2.24, 2.45) is 0 Å². The van der Waals surface area contributed by atoms with Gasteiger partial charge in [-0.1, -0.05) is 6.07 Å². The van der Waals surface area contributed by atoms with Gasteiger partial charge in [0, 0.05) is 6.54 Å². The van der Waals surface area contributed by atoms with Crippen LogP contribution in [0.25, 0.3) is 0 Å². The Morgan fingerprint density at radius 2 is 2.21 bits per heavy atom. The van der Waals surface area contributed by atoms with Gasteiger partial charge in [-0.3, -0.25) is 0 Å². The lowest BCUT2D eigenvalue weighted by molar-refractivity contribution is 0.105. The van der Waals surface area contributed by atoms with Gasteiger partial charge in [-0.15, -0.1) is 0 Å². The fourth-order valence-corrected chi connectivity index (χ4v) is 1.07. The molecular formula is C10H14FNO2. The van der Waals surface area contributed by atoms with Crippen molar-refractivity contribution >= 4 is 5.69 Å². The molecule has 4 heteroatoms. The fourth-order valence-electron chi connectivity index (χ4n) is 1.07. The number of hydrogen-bond donors (Lipinski definition) is 3. The van der Waals surface area contributed by atoms with Gasteiger partial charge in [-0.2, -0.15) is 0 Å². The number of anilines is 1. The fraction of sp³-hybridized carbons (Fsp3) is 0.400. The molecule has 3 N–H and O–H groups in total. The van der Waals surface area contributed by atoms with E-state index < -0.39 is 6.10 Å². The lowest BCUT2D eigenvalue weighted by atomic mass is 10.2. The summed E-state index contributed by atoms with van der Waals surface area (Å²) in [5.41, 5.74) is 1.28. The summed E-state index contributed by atoms with van der Waals surface area (Å²) in [4.78, 5) is 0. The van der Waals surface area contributed by atoms with E-state index in [1.807, 2.05) is 6.92 Å². The average Bonchev–Trinajstić information content (AvgIpc) is 2.19. The van der Waals surface area contributed by atoms with Crippen molar-refractivity contribution in [3.63, 3.8) is 0 Å². The maximum absolute atomic E-state index is 13.1. The van der Waals surface area contributed by atoms with Crippen LogP contribution in [0.5, 0.6) is 0 Å². The monoisotopic (exact) mass is 199 g/mol. The molecule has 0 saturated carbocycles. The molecule has 0 saturated heterocycles. The van der Waals surface area contributed by atoms with Gasteiger partial charge >= 0.3 is 0 Å². The topological polar surface area (TPSA) is 52.5 Å². The van der Waals surface area contributed by atoms with Gasteiger partial charge in [0.1, 0.15) is 5.82 Å². The summed E-state index contributed by atoms with van der Waals surface area (Å²) in [6.07, 6.45) is -0.866. The van der Waals surface area contributed by atoms with Gasteiger partial charge in [-0.05, 0) is 24.6 Å². The molecule has 0 aliphatic heterocycles. The summed E-state index contributed by atoms with van der Waals surface area (Å²) in [5.74, 6) is -0.360. The van der Waals surface area contributed by atoms with Crippen LogP contribution in [0.1, 0.15) is 5.56 Å². The molecule has 0 aromatic heterocycles. The van der Waals surface area contributed by atoms with Gasteiger partial charge in [0.05, 0.1) is 18.4 Å². The highest BCUT2D eigenvalue weighted by molar-refractivity contribution is 5.47. The van der Waals surface area contributed by atoms with Crippen molar-refractivity contribution in [1.29, 1.82) is 0 Å². The van der Waals surface area contributed by atoms with Crippen molar-refractivity contribution in [2.45, 2.75) is 13.0 Å². The first-order chi connectivity index (χ1) is 6.63. The van der Waals surface area contributed by atoms with Gasteiger partial charge in [0.15, 0.2) is 0 Å². The molecule has 0 aliphatic carbocycles. The molecule has 1 atom stereocenters. The van der Waals surface area contributed by atoms with Crippen molar-refractivity contribution in [1.82, 2.24) is 0 Å². The molecular weight excluding hydrogens is 185 g/mol. The number of hydrogen-bond acceptors (Lipinski definition) is 3. The van der Waals surface area contributed by atoms with Crippen molar-refractivity contribution in [3.8, 4) is 0 Å². The van der Waals surface area contributed by atoms with Crippen LogP contribution in [0.15, 0.2) is 18.2 Å². The van der Waals surface area contributed by atoms with Crippen LogP contribution in [-0.2, 0) is 0 Å². The first-order valence-corrected chi connectivity index (χ1v) is 4.42. The minimum Gasteiger partial charge on any atom is -0.394 e. The second kappa shape index (κ2) is 4.93. The van der Waals surface area contributed by atoms with E-state index in [2.05, 4.69) is 5.32 Å². The van der Waals surface area contributed by atoms with Gasteiger partial charge < -0.3 is 15.5 Å². The highest BCUT2D eigenvalue weighted by atomic mass is 19.1. The maximum atomic E-state index is 13.1. The number of rotatable bonds is 4. The zero-order valence-corrected chi connectivity index (χ0v) is 8.00. The number of aryl methyl sites for hydroxylation is 1. The van der Waals surface area contributed by atoms with E-state index in [9.17, 15) is 4.39 Å². The zero-order valence-electron chi connectivity index (χ0n) is 8.00. The molecule has 0 aliphatic rings. The molecule has 0 spiro atoms. The second-order valence-electron chi connectivity index (χ2n) is 3.20. The molecule has 0 amide bonds. The Bertz CT molecular complexity index is 304. The summed E-state index contributed by atoms with van der Waals surface area (Å²) in [6, 6.07) is 4.69. The Labute approximate surface area is 82.2 Å². The van der Waals surface area contributed by atoms with Gasteiger partial charge in [-0.25, -0.2) is 4.39 Å². The minimum absolute atomic E-state index is 0.136. The number of benzene rings is 1. The first-order valence-electron chi connectivity index (χ1n) is 4.42. The summed E-state index contributed by atoms with van der Waals surface area (Å²) in [5, 5.41) is 20.3. The van der Waals surface area contributed by atoms with Gasteiger partial charge in [0.2, 0.25) is 0 Å². The van der Waals surface area contributed by atoms with E-state index >= 15 is 0 Å². The summed E-state index contributed by atoms with van der Waals surface area (Å²) >= 11 is 0. The predicted molar refractivity (Wildman–Crippen MR) is 52.7 cm³/mol. The summed E-state index contributed by atoms with van der Waals surface area (Å²) in [7, 11) is 0. The molecule has 0 bridgehead atoms. The van der Waals surface area contributed by atoms with E-state index in [4.69, 9.17) is 10.2 Å². The largest absolute Gasteiger partial charge is 0.394 e. The van der Waals surface area contributed by atoms with Crippen molar-refractivity contribution in [3.05, 3.63) is 29.6 Å². The van der Waals surface area contributed by atoms with E-state index in [1.54, 1.807) is 12.1 Å². The van der Waals surface area contributed by atoms with Crippen LogP contribution in [0.2, 0.25) is 0 Å². The molecule has 0 heterocycles.